The van der Waals surface area contributed by atoms with Gasteiger partial charge >= 0.3 is 0 Å². The van der Waals surface area contributed by atoms with Gasteiger partial charge in [-0.3, -0.25) is 4.98 Å². The van der Waals surface area contributed by atoms with Gasteiger partial charge in [0, 0.05) is 22.9 Å². The summed E-state index contributed by atoms with van der Waals surface area (Å²) in [6.45, 7) is 1.52. The number of nitrogens with zero attached hydrogens (tertiary/aromatic N) is 1. The van der Waals surface area contributed by atoms with E-state index >= 15 is 0 Å². The molecule has 0 radical (unpaired) electrons. The van der Waals surface area contributed by atoms with Crippen molar-refractivity contribution in [3.05, 3.63) is 83.6 Å². The second-order valence-electron chi connectivity index (χ2n) is 5.84. The molecule has 3 aromatic rings. The van der Waals surface area contributed by atoms with Crippen molar-refractivity contribution in [2.75, 3.05) is 0 Å². The Morgan fingerprint density at radius 3 is 1.93 bits per heavy atom. The van der Waals surface area contributed by atoms with Crippen LogP contribution in [0.25, 0.3) is 28.2 Å². The predicted molar refractivity (Wildman–Crippen MR) is 94.4 cm³/mol. The number of pyridine rings is 1. The lowest BCUT2D eigenvalue weighted by Crippen LogP contribution is -1.92. The van der Waals surface area contributed by atoms with Crippen LogP contribution in [0.15, 0.2) is 60.6 Å². The number of allylic oxidation sites excluding steroid dienone is 1. The van der Waals surface area contributed by atoms with Gasteiger partial charge in [-0.15, -0.1) is 0 Å². The van der Waals surface area contributed by atoms with Crippen LogP contribution in [-0.2, 0) is 0 Å². The van der Waals surface area contributed by atoms with Crippen molar-refractivity contribution in [1.82, 2.24) is 4.98 Å². The lowest BCUT2D eigenvalue weighted by molar-refractivity contribution is 0.447. The molecule has 0 N–H and O–H groups in total. The first-order chi connectivity index (χ1) is 12.9. The van der Waals surface area contributed by atoms with E-state index in [1.165, 1.54) is 25.3 Å². The number of aromatic nitrogens is 1. The van der Waals surface area contributed by atoms with Gasteiger partial charge in [0.25, 0.3) is 0 Å². The van der Waals surface area contributed by atoms with Crippen molar-refractivity contribution in [2.24, 2.45) is 0 Å². The molecule has 0 unspecified atom stereocenters. The van der Waals surface area contributed by atoms with Crippen molar-refractivity contribution in [1.29, 1.82) is 0 Å². The zero-order valence-electron chi connectivity index (χ0n) is 14.2. The monoisotopic (exact) mass is 375 g/mol. The molecular formula is C21H14F5N. The van der Waals surface area contributed by atoms with Gasteiger partial charge in [-0.1, -0.05) is 37.3 Å². The lowest BCUT2D eigenvalue weighted by Gasteiger charge is -2.06. The number of hydrogen-bond donors (Lipinski definition) is 0. The average molecular weight is 375 g/mol. The molecule has 0 bridgehead atoms. The molecule has 3 rings (SSSR count). The van der Waals surface area contributed by atoms with Crippen LogP contribution in [0.1, 0.15) is 18.9 Å². The van der Waals surface area contributed by atoms with Crippen LogP contribution >= 0.6 is 0 Å². The fourth-order valence-electron chi connectivity index (χ4n) is 2.56. The van der Waals surface area contributed by atoms with Crippen molar-refractivity contribution in [2.45, 2.75) is 13.3 Å². The molecule has 0 atom stereocenters. The Hall–Kier alpha value is -3.02. The highest BCUT2D eigenvalue weighted by atomic mass is 19.2. The van der Waals surface area contributed by atoms with E-state index in [-0.39, 0.29) is 17.5 Å². The molecule has 0 fully saturated rings. The van der Waals surface area contributed by atoms with Gasteiger partial charge in [0.15, 0.2) is 23.3 Å². The topological polar surface area (TPSA) is 12.9 Å². The molecule has 0 aliphatic heterocycles. The van der Waals surface area contributed by atoms with E-state index < -0.39 is 29.1 Å². The summed E-state index contributed by atoms with van der Waals surface area (Å²) >= 11 is 0. The maximum atomic E-state index is 13.8. The third-order valence-corrected chi connectivity index (χ3v) is 4.06. The third kappa shape index (κ3) is 3.89. The van der Waals surface area contributed by atoms with Crippen LogP contribution in [-0.4, -0.2) is 4.98 Å². The summed E-state index contributed by atoms with van der Waals surface area (Å²) in [6.07, 6.45) is 1.37. The van der Waals surface area contributed by atoms with Crippen LogP contribution in [0, 0.1) is 17.5 Å². The summed E-state index contributed by atoms with van der Waals surface area (Å²) in [5.41, 5.74) is 1.89. The summed E-state index contributed by atoms with van der Waals surface area (Å²) in [5, 5.41) is 0. The summed E-state index contributed by atoms with van der Waals surface area (Å²) < 4.78 is 66.9. The Labute approximate surface area is 152 Å². The van der Waals surface area contributed by atoms with E-state index in [4.69, 9.17) is 0 Å². The van der Waals surface area contributed by atoms with E-state index in [9.17, 15) is 22.0 Å². The van der Waals surface area contributed by atoms with Gasteiger partial charge in [-0.05, 0) is 30.2 Å². The highest BCUT2D eigenvalue weighted by molar-refractivity contribution is 5.69. The first-order valence-electron chi connectivity index (χ1n) is 8.16. The SMILES string of the molecule is CC/C(F)=C(\F)c1ccc(-c2ccc(-c3cc(F)c(F)c(F)c3)cn2)cc1. The molecule has 1 nitrogen and oxygen atoms in total. The van der Waals surface area contributed by atoms with Gasteiger partial charge < -0.3 is 0 Å². The van der Waals surface area contributed by atoms with Crippen LogP contribution in [0.2, 0.25) is 0 Å². The predicted octanol–water partition coefficient (Wildman–Crippen LogP) is 6.85. The van der Waals surface area contributed by atoms with Crippen molar-refractivity contribution in [3.63, 3.8) is 0 Å². The van der Waals surface area contributed by atoms with E-state index in [1.807, 2.05) is 0 Å². The second kappa shape index (κ2) is 7.70. The summed E-state index contributed by atoms with van der Waals surface area (Å²) in [7, 11) is 0. The normalized spacial score (nSPS) is 12.1. The van der Waals surface area contributed by atoms with Gasteiger partial charge in [-0.25, -0.2) is 22.0 Å². The number of rotatable bonds is 4. The minimum absolute atomic E-state index is 0.0266. The van der Waals surface area contributed by atoms with Crippen molar-refractivity contribution < 1.29 is 22.0 Å². The third-order valence-electron chi connectivity index (χ3n) is 4.06. The van der Waals surface area contributed by atoms with Gasteiger partial charge in [0.05, 0.1) is 5.69 Å². The Morgan fingerprint density at radius 1 is 0.815 bits per heavy atom. The van der Waals surface area contributed by atoms with Crippen LogP contribution < -0.4 is 0 Å². The molecule has 27 heavy (non-hydrogen) atoms. The second-order valence-corrected chi connectivity index (χ2v) is 5.84. The fraction of sp³-hybridized carbons (Fsp3) is 0.0952. The van der Waals surface area contributed by atoms with Gasteiger partial charge in [-0.2, -0.15) is 0 Å². The molecule has 1 aromatic heterocycles. The maximum absolute atomic E-state index is 13.8. The molecule has 0 aliphatic carbocycles. The smallest absolute Gasteiger partial charge is 0.194 e. The standard InChI is InChI=1S/C21H14F5N/c1-2-16(22)20(25)13-5-3-12(4-6-13)19-8-7-14(11-27-19)15-9-17(23)21(26)18(24)10-15/h3-11H,2H2,1H3/b20-16+. The summed E-state index contributed by atoms with van der Waals surface area (Å²) in [6, 6.07) is 11.1. The van der Waals surface area contributed by atoms with Crippen molar-refractivity contribution >= 4 is 5.83 Å². The van der Waals surface area contributed by atoms with Crippen molar-refractivity contribution in [3.8, 4) is 22.4 Å². The highest BCUT2D eigenvalue weighted by Gasteiger charge is 2.12. The van der Waals surface area contributed by atoms with Crippen LogP contribution in [0.3, 0.4) is 0 Å². The molecule has 0 saturated heterocycles. The largest absolute Gasteiger partial charge is 0.256 e. The lowest BCUT2D eigenvalue weighted by atomic mass is 10.0. The van der Waals surface area contributed by atoms with Gasteiger partial charge in [0.1, 0.15) is 5.83 Å². The van der Waals surface area contributed by atoms with Crippen LogP contribution in [0.4, 0.5) is 22.0 Å². The molecule has 138 valence electrons. The Balaban J connectivity index is 1.88. The molecule has 0 aliphatic rings. The molecular weight excluding hydrogens is 361 g/mol. The number of hydrogen-bond acceptors (Lipinski definition) is 1. The minimum Gasteiger partial charge on any atom is -0.256 e. The van der Waals surface area contributed by atoms with Gasteiger partial charge in [0.2, 0.25) is 0 Å². The van der Waals surface area contributed by atoms with E-state index in [0.717, 1.165) is 12.1 Å². The molecule has 2 aromatic carbocycles. The minimum atomic E-state index is -1.52. The van der Waals surface area contributed by atoms with E-state index in [2.05, 4.69) is 4.98 Å². The average Bonchev–Trinajstić information content (AvgIpc) is 2.70. The quantitative estimate of drug-likeness (QED) is 0.359. The number of halogens is 5. The zero-order valence-corrected chi connectivity index (χ0v) is 14.2. The first-order valence-corrected chi connectivity index (χ1v) is 8.16. The first kappa shape index (κ1) is 18.8. The fourth-order valence-corrected chi connectivity index (χ4v) is 2.56. The Kier molecular flexibility index (Phi) is 5.35. The molecule has 0 amide bonds. The van der Waals surface area contributed by atoms with E-state index in [0.29, 0.717) is 16.8 Å². The molecule has 0 spiro atoms. The highest BCUT2D eigenvalue weighted by Crippen LogP contribution is 2.28. The molecule has 1 heterocycles. The van der Waals surface area contributed by atoms with Crippen LogP contribution in [0.5, 0.6) is 0 Å². The molecule has 6 heteroatoms. The number of benzene rings is 2. The molecule has 0 saturated carbocycles. The maximum Gasteiger partial charge on any atom is 0.194 e. The summed E-state index contributed by atoms with van der Waals surface area (Å²) in [4.78, 5) is 4.21. The Bertz CT molecular complexity index is 969. The van der Waals surface area contributed by atoms with E-state index in [1.54, 1.807) is 24.3 Å². The Morgan fingerprint density at radius 2 is 1.41 bits per heavy atom. The zero-order chi connectivity index (χ0) is 19.6. The summed E-state index contributed by atoms with van der Waals surface area (Å²) in [5.74, 6) is -5.79.